The van der Waals surface area contributed by atoms with Gasteiger partial charge in [-0.15, -0.1) is 0 Å². The molecule has 1 atom stereocenters. The van der Waals surface area contributed by atoms with Gasteiger partial charge in [0.1, 0.15) is 11.6 Å². The van der Waals surface area contributed by atoms with Crippen LogP contribution in [0.2, 0.25) is 0 Å². The molecule has 0 aliphatic carbocycles. The van der Waals surface area contributed by atoms with Crippen LogP contribution in [0.5, 0.6) is 0 Å². The molecule has 0 saturated carbocycles. The van der Waals surface area contributed by atoms with Crippen LogP contribution in [0.25, 0.3) is 0 Å². The Kier molecular flexibility index (Phi) is 4.83. The molecule has 8 nitrogen and oxygen atoms in total. The summed E-state index contributed by atoms with van der Waals surface area (Å²) in [6.45, 7) is 3.85. The third-order valence-corrected chi connectivity index (χ3v) is 4.52. The first-order chi connectivity index (χ1) is 12.8. The number of H-pyrrole nitrogens is 1. The number of nitrogens with zero attached hydrogens (tertiary/aromatic N) is 6. The topological polar surface area (TPSA) is 95.5 Å². The SMILES string of the molecule is Cc1cc(Nc2ncccn2)nc(C2CCCCN2Cc2cnc[nH]2)n1. The molecule has 0 radical (unpaired) electrons. The summed E-state index contributed by atoms with van der Waals surface area (Å²) in [6.07, 6.45) is 10.4. The van der Waals surface area contributed by atoms with Crippen LogP contribution in [0.3, 0.4) is 0 Å². The largest absolute Gasteiger partial charge is 0.347 e. The van der Waals surface area contributed by atoms with Crippen LogP contribution in [-0.4, -0.2) is 41.3 Å². The Hall–Kier alpha value is -2.87. The van der Waals surface area contributed by atoms with Gasteiger partial charge in [0.05, 0.1) is 12.4 Å². The van der Waals surface area contributed by atoms with Gasteiger partial charge in [-0.1, -0.05) is 6.42 Å². The van der Waals surface area contributed by atoms with Crippen LogP contribution in [-0.2, 0) is 6.54 Å². The third-order valence-electron chi connectivity index (χ3n) is 4.52. The van der Waals surface area contributed by atoms with Crippen LogP contribution in [0.15, 0.2) is 37.1 Å². The van der Waals surface area contributed by atoms with E-state index in [1.54, 1.807) is 24.8 Å². The van der Waals surface area contributed by atoms with Gasteiger partial charge in [-0.3, -0.25) is 4.90 Å². The molecule has 0 aromatic carbocycles. The van der Waals surface area contributed by atoms with E-state index in [-0.39, 0.29) is 6.04 Å². The lowest BCUT2D eigenvalue weighted by Crippen LogP contribution is -2.34. The van der Waals surface area contributed by atoms with Gasteiger partial charge in [-0.05, 0) is 32.4 Å². The number of piperidine rings is 1. The van der Waals surface area contributed by atoms with Crippen LogP contribution >= 0.6 is 0 Å². The van der Waals surface area contributed by atoms with Gasteiger partial charge in [0.25, 0.3) is 0 Å². The molecule has 1 fully saturated rings. The number of aromatic nitrogens is 6. The summed E-state index contributed by atoms with van der Waals surface area (Å²) >= 11 is 0. The van der Waals surface area contributed by atoms with Crippen molar-refractivity contribution >= 4 is 11.8 Å². The minimum atomic E-state index is 0.198. The number of aromatic amines is 1. The Morgan fingerprint density at radius 3 is 2.92 bits per heavy atom. The molecule has 1 unspecified atom stereocenters. The zero-order valence-corrected chi connectivity index (χ0v) is 14.8. The number of hydrogen-bond acceptors (Lipinski definition) is 7. The van der Waals surface area contributed by atoms with Gasteiger partial charge < -0.3 is 10.3 Å². The van der Waals surface area contributed by atoms with Crippen molar-refractivity contribution in [3.05, 3.63) is 54.3 Å². The summed E-state index contributed by atoms with van der Waals surface area (Å²) < 4.78 is 0. The quantitative estimate of drug-likeness (QED) is 0.730. The fourth-order valence-electron chi connectivity index (χ4n) is 3.35. The van der Waals surface area contributed by atoms with Crippen molar-refractivity contribution in [2.75, 3.05) is 11.9 Å². The van der Waals surface area contributed by atoms with Crippen molar-refractivity contribution in [1.82, 2.24) is 34.8 Å². The van der Waals surface area contributed by atoms with E-state index >= 15 is 0 Å². The van der Waals surface area contributed by atoms with E-state index in [2.05, 4.69) is 30.2 Å². The lowest BCUT2D eigenvalue weighted by atomic mass is 10.0. The molecule has 8 heteroatoms. The van der Waals surface area contributed by atoms with E-state index < -0.39 is 0 Å². The average Bonchev–Trinajstić information content (AvgIpc) is 3.16. The molecule has 4 heterocycles. The maximum absolute atomic E-state index is 4.76. The lowest BCUT2D eigenvalue weighted by Gasteiger charge is -2.34. The van der Waals surface area contributed by atoms with Gasteiger partial charge in [0.2, 0.25) is 5.95 Å². The molecule has 134 valence electrons. The van der Waals surface area contributed by atoms with E-state index in [9.17, 15) is 0 Å². The zero-order valence-electron chi connectivity index (χ0n) is 14.8. The maximum Gasteiger partial charge on any atom is 0.228 e. The standard InChI is InChI=1S/C18H22N8/c1-13-9-16(25-18-20-6-4-7-21-18)24-17(23-13)15-5-2-3-8-26(15)11-14-10-19-12-22-14/h4,6-7,9-10,12,15H,2-3,5,8,11H2,1H3,(H,19,22)(H,20,21,23,24,25). The fraction of sp³-hybridized carbons (Fsp3) is 0.389. The summed E-state index contributed by atoms with van der Waals surface area (Å²) in [7, 11) is 0. The minimum Gasteiger partial charge on any atom is -0.347 e. The molecule has 3 aromatic rings. The molecule has 1 aliphatic rings. The third kappa shape index (κ3) is 3.85. The normalized spacial score (nSPS) is 18.0. The van der Waals surface area contributed by atoms with Gasteiger partial charge in [-0.2, -0.15) is 0 Å². The first-order valence-electron chi connectivity index (χ1n) is 8.89. The lowest BCUT2D eigenvalue weighted by molar-refractivity contribution is 0.132. The smallest absolute Gasteiger partial charge is 0.228 e. The Bertz CT molecular complexity index is 834. The van der Waals surface area contributed by atoms with Crippen molar-refractivity contribution in [3.8, 4) is 0 Å². The second-order valence-corrected chi connectivity index (χ2v) is 6.51. The second kappa shape index (κ2) is 7.57. The molecule has 0 spiro atoms. The number of likely N-dealkylation sites (tertiary alicyclic amines) is 1. The van der Waals surface area contributed by atoms with E-state index in [4.69, 9.17) is 9.97 Å². The second-order valence-electron chi connectivity index (χ2n) is 6.51. The Balaban J connectivity index is 1.58. The molecule has 1 aliphatic heterocycles. The summed E-state index contributed by atoms with van der Waals surface area (Å²) in [4.78, 5) is 27.6. The predicted molar refractivity (Wildman–Crippen MR) is 97.7 cm³/mol. The molecule has 4 rings (SSSR count). The van der Waals surface area contributed by atoms with Crippen LogP contribution in [0, 0.1) is 6.92 Å². The zero-order chi connectivity index (χ0) is 17.8. The van der Waals surface area contributed by atoms with Crippen LogP contribution in [0.1, 0.15) is 42.5 Å². The van der Waals surface area contributed by atoms with Crippen LogP contribution in [0.4, 0.5) is 11.8 Å². The Morgan fingerprint density at radius 1 is 1.23 bits per heavy atom. The number of anilines is 2. The highest BCUT2D eigenvalue weighted by Crippen LogP contribution is 2.31. The fourth-order valence-corrected chi connectivity index (χ4v) is 3.35. The predicted octanol–water partition coefficient (Wildman–Crippen LogP) is 2.77. The molecular weight excluding hydrogens is 328 g/mol. The minimum absolute atomic E-state index is 0.198. The summed E-state index contributed by atoms with van der Waals surface area (Å²) in [5, 5.41) is 3.18. The van der Waals surface area contributed by atoms with Crippen LogP contribution < -0.4 is 5.32 Å². The summed E-state index contributed by atoms with van der Waals surface area (Å²) in [6, 6.07) is 3.91. The van der Waals surface area contributed by atoms with E-state index in [1.165, 1.54) is 12.8 Å². The molecular formula is C18H22N8. The first-order valence-corrected chi connectivity index (χ1v) is 8.89. The molecule has 2 N–H and O–H groups in total. The van der Waals surface area contributed by atoms with Crippen molar-refractivity contribution in [2.24, 2.45) is 0 Å². The van der Waals surface area contributed by atoms with E-state index in [0.717, 1.165) is 42.5 Å². The highest BCUT2D eigenvalue weighted by Gasteiger charge is 2.27. The highest BCUT2D eigenvalue weighted by molar-refractivity contribution is 5.47. The van der Waals surface area contributed by atoms with E-state index in [0.29, 0.717) is 5.95 Å². The Labute approximate surface area is 152 Å². The van der Waals surface area contributed by atoms with E-state index in [1.807, 2.05) is 19.2 Å². The Morgan fingerprint density at radius 2 is 2.12 bits per heavy atom. The summed E-state index contributed by atoms with van der Waals surface area (Å²) in [5.41, 5.74) is 2.04. The number of nitrogens with one attached hydrogen (secondary N) is 2. The van der Waals surface area contributed by atoms with Gasteiger partial charge in [0, 0.05) is 42.6 Å². The van der Waals surface area contributed by atoms with Crippen molar-refractivity contribution in [2.45, 2.75) is 38.8 Å². The van der Waals surface area contributed by atoms with Gasteiger partial charge in [0.15, 0.2) is 0 Å². The number of aryl methyl sites for hydroxylation is 1. The molecule has 1 saturated heterocycles. The maximum atomic E-state index is 4.76. The molecule has 0 amide bonds. The van der Waals surface area contributed by atoms with Crippen molar-refractivity contribution < 1.29 is 0 Å². The van der Waals surface area contributed by atoms with Crippen molar-refractivity contribution in [3.63, 3.8) is 0 Å². The highest BCUT2D eigenvalue weighted by atomic mass is 15.2. The first kappa shape index (κ1) is 16.6. The average molecular weight is 350 g/mol. The molecule has 3 aromatic heterocycles. The number of imidazole rings is 1. The molecule has 0 bridgehead atoms. The van der Waals surface area contributed by atoms with Crippen molar-refractivity contribution in [1.29, 1.82) is 0 Å². The van der Waals surface area contributed by atoms with Gasteiger partial charge in [-0.25, -0.2) is 24.9 Å². The molecule has 26 heavy (non-hydrogen) atoms. The van der Waals surface area contributed by atoms with Gasteiger partial charge >= 0.3 is 0 Å². The monoisotopic (exact) mass is 350 g/mol. The number of hydrogen-bond donors (Lipinski definition) is 2. The summed E-state index contributed by atoms with van der Waals surface area (Å²) in [5.74, 6) is 2.11. The number of rotatable bonds is 5.